The molecule has 3 aromatic rings. The number of thiophene rings is 1. The van der Waals surface area contributed by atoms with Gasteiger partial charge >= 0.3 is 0 Å². The minimum atomic E-state index is -0.361. The molecule has 0 saturated heterocycles. The molecule has 2 N–H and O–H groups in total. The van der Waals surface area contributed by atoms with Gasteiger partial charge in [0.1, 0.15) is 5.69 Å². The smallest absolute Gasteiger partial charge is 0.250 e. The third kappa shape index (κ3) is 4.21. The Hall–Kier alpha value is -3.52. The van der Waals surface area contributed by atoms with Crippen LogP contribution >= 0.6 is 11.3 Å². The molecule has 2 aromatic heterocycles. The Bertz CT molecular complexity index is 1300. The molecule has 0 spiro atoms. The van der Waals surface area contributed by atoms with Crippen molar-refractivity contribution in [1.29, 1.82) is 0 Å². The first kappa shape index (κ1) is 22.3. The van der Waals surface area contributed by atoms with E-state index in [-0.39, 0.29) is 29.6 Å². The highest BCUT2D eigenvalue weighted by atomic mass is 32.1. The maximum absolute atomic E-state index is 13.5. The van der Waals surface area contributed by atoms with Gasteiger partial charge in [-0.1, -0.05) is 43.3 Å². The summed E-state index contributed by atoms with van der Waals surface area (Å²) in [7, 11) is 0. The summed E-state index contributed by atoms with van der Waals surface area (Å²) < 4.78 is 1.68. The number of nitrogens with zero attached hydrogens (tertiary/aromatic N) is 3. The van der Waals surface area contributed by atoms with Gasteiger partial charge in [-0.05, 0) is 42.3 Å². The van der Waals surface area contributed by atoms with E-state index in [1.807, 2.05) is 54.8 Å². The van der Waals surface area contributed by atoms with E-state index in [2.05, 4.69) is 34.8 Å². The maximum atomic E-state index is 13.5. The number of dihydropyridines is 1. The second-order valence-electron chi connectivity index (χ2n) is 9.62. The third-order valence-corrected chi connectivity index (χ3v) is 7.24. The molecule has 8 heteroatoms. The Morgan fingerprint density at radius 3 is 2.74 bits per heavy atom. The van der Waals surface area contributed by atoms with Gasteiger partial charge in [-0.25, -0.2) is 4.68 Å². The maximum Gasteiger partial charge on any atom is 0.250 e. The molecular formula is C26H27N5O2S. The number of carbonyl (C=O) groups excluding carboxylic acids is 2. The van der Waals surface area contributed by atoms with Crippen LogP contribution in [0.3, 0.4) is 0 Å². The van der Waals surface area contributed by atoms with Crippen molar-refractivity contribution in [2.24, 2.45) is 5.41 Å². The Balaban J connectivity index is 1.40. The van der Waals surface area contributed by atoms with E-state index in [4.69, 9.17) is 0 Å². The molecule has 5 rings (SSSR count). The van der Waals surface area contributed by atoms with Crippen LogP contribution in [-0.2, 0) is 16.1 Å². The summed E-state index contributed by atoms with van der Waals surface area (Å²) in [5, 5.41) is 16.8. The Kier molecular flexibility index (Phi) is 5.69. The number of Topliss-reactive ketones (excluding diaryl/α,β-unsaturated/α-hetero) is 1. The van der Waals surface area contributed by atoms with Crippen molar-refractivity contribution in [3.63, 3.8) is 0 Å². The molecule has 0 fully saturated rings. The van der Waals surface area contributed by atoms with Crippen LogP contribution in [0.4, 0.5) is 0 Å². The summed E-state index contributed by atoms with van der Waals surface area (Å²) in [4.78, 5) is 27.8. The highest BCUT2D eigenvalue weighted by molar-refractivity contribution is 7.10. The van der Waals surface area contributed by atoms with Crippen LogP contribution < -0.4 is 10.6 Å². The summed E-state index contributed by atoms with van der Waals surface area (Å²) in [6.07, 6.45) is 3.07. The fourth-order valence-electron chi connectivity index (χ4n) is 4.83. The molecular weight excluding hydrogens is 446 g/mol. The van der Waals surface area contributed by atoms with Crippen LogP contribution in [0, 0.1) is 5.41 Å². The monoisotopic (exact) mass is 473 g/mol. The predicted molar refractivity (Wildman–Crippen MR) is 131 cm³/mol. The van der Waals surface area contributed by atoms with Crippen LogP contribution in [0.5, 0.6) is 0 Å². The first-order valence-electron chi connectivity index (χ1n) is 11.3. The van der Waals surface area contributed by atoms with Crippen molar-refractivity contribution in [3.8, 4) is 5.69 Å². The van der Waals surface area contributed by atoms with Crippen molar-refractivity contribution < 1.29 is 9.59 Å². The molecule has 174 valence electrons. The topological polar surface area (TPSA) is 88.9 Å². The molecule has 1 aliphatic carbocycles. The van der Waals surface area contributed by atoms with Crippen molar-refractivity contribution in [2.75, 3.05) is 0 Å². The van der Waals surface area contributed by atoms with Gasteiger partial charge in [0.05, 0.1) is 24.3 Å². The van der Waals surface area contributed by atoms with E-state index >= 15 is 0 Å². The SMILES string of the molecule is CC1=C(C(=O)NCc2cn(-c3ccccc3)nn2)C(c2cccs2)C2=C(CC(C)(C)CC2=O)N1. The number of amides is 1. The zero-order chi connectivity index (χ0) is 23.9. The second-order valence-corrected chi connectivity index (χ2v) is 10.6. The number of nitrogens with one attached hydrogen (secondary N) is 2. The molecule has 0 saturated carbocycles. The lowest BCUT2D eigenvalue weighted by Gasteiger charge is -2.39. The molecule has 7 nitrogen and oxygen atoms in total. The number of allylic oxidation sites excluding steroid dienone is 3. The average Bonchev–Trinajstić information content (AvgIpc) is 3.49. The van der Waals surface area contributed by atoms with Gasteiger partial charge in [-0.3, -0.25) is 9.59 Å². The molecule has 1 aliphatic heterocycles. The summed E-state index contributed by atoms with van der Waals surface area (Å²) in [5.74, 6) is -0.456. The lowest BCUT2D eigenvalue weighted by atomic mass is 9.69. The Labute approximate surface area is 202 Å². The second kappa shape index (κ2) is 8.68. The predicted octanol–water partition coefficient (Wildman–Crippen LogP) is 4.25. The van der Waals surface area contributed by atoms with Crippen molar-refractivity contribution >= 4 is 23.0 Å². The van der Waals surface area contributed by atoms with E-state index in [1.165, 1.54) is 0 Å². The third-order valence-electron chi connectivity index (χ3n) is 6.30. The fraction of sp³-hybridized carbons (Fsp3) is 0.308. The minimum Gasteiger partial charge on any atom is -0.362 e. The van der Waals surface area contributed by atoms with E-state index in [1.54, 1.807) is 22.2 Å². The van der Waals surface area contributed by atoms with E-state index in [9.17, 15) is 9.59 Å². The van der Waals surface area contributed by atoms with Gasteiger partial charge in [0, 0.05) is 33.8 Å². The molecule has 1 aromatic carbocycles. The van der Waals surface area contributed by atoms with Crippen LogP contribution in [-0.4, -0.2) is 26.7 Å². The Morgan fingerprint density at radius 1 is 1.21 bits per heavy atom. The van der Waals surface area contributed by atoms with Crippen LogP contribution in [0.25, 0.3) is 5.69 Å². The quantitative estimate of drug-likeness (QED) is 0.578. The molecule has 1 unspecified atom stereocenters. The van der Waals surface area contributed by atoms with Gasteiger partial charge in [-0.2, -0.15) is 0 Å². The summed E-state index contributed by atoms with van der Waals surface area (Å²) in [6, 6.07) is 13.7. The van der Waals surface area contributed by atoms with Gasteiger partial charge in [0.2, 0.25) is 5.91 Å². The van der Waals surface area contributed by atoms with Crippen molar-refractivity contribution in [3.05, 3.63) is 87.2 Å². The Morgan fingerprint density at radius 2 is 2.00 bits per heavy atom. The zero-order valence-electron chi connectivity index (χ0n) is 19.5. The van der Waals surface area contributed by atoms with Crippen LogP contribution in [0.15, 0.2) is 76.6 Å². The van der Waals surface area contributed by atoms with E-state index in [0.29, 0.717) is 17.7 Å². The first-order chi connectivity index (χ1) is 16.3. The molecule has 2 aliphatic rings. The average molecular weight is 474 g/mol. The number of rotatable bonds is 5. The summed E-state index contributed by atoms with van der Waals surface area (Å²) in [5.41, 5.74) is 4.50. The zero-order valence-corrected chi connectivity index (χ0v) is 20.3. The van der Waals surface area contributed by atoms with Gasteiger partial charge in [0.15, 0.2) is 5.78 Å². The molecule has 0 radical (unpaired) electrons. The molecule has 1 amide bonds. The van der Waals surface area contributed by atoms with Crippen molar-refractivity contribution in [1.82, 2.24) is 25.6 Å². The minimum absolute atomic E-state index is 0.104. The van der Waals surface area contributed by atoms with E-state index < -0.39 is 0 Å². The fourth-order valence-corrected chi connectivity index (χ4v) is 5.67. The van der Waals surface area contributed by atoms with Gasteiger partial charge < -0.3 is 10.6 Å². The number of para-hydroxylation sites is 1. The van der Waals surface area contributed by atoms with Crippen LogP contribution in [0.1, 0.15) is 50.1 Å². The largest absolute Gasteiger partial charge is 0.362 e. The van der Waals surface area contributed by atoms with Gasteiger partial charge in [0.25, 0.3) is 0 Å². The lowest BCUT2D eigenvalue weighted by molar-refractivity contribution is -0.118. The molecule has 0 bridgehead atoms. The molecule has 3 heterocycles. The highest BCUT2D eigenvalue weighted by Crippen LogP contribution is 2.47. The normalized spacial score (nSPS) is 19.6. The first-order valence-corrected chi connectivity index (χ1v) is 12.2. The lowest BCUT2D eigenvalue weighted by Crippen LogP contribution is -2.40. The van der Waals surface area contributed by atoms with E-state index in [0.717, 1.165) is 34.0 Å². The number of hydrogen-bond acceptors (Lipinski definition) is 6. The van der Waals surface area contributed by atoms with Crippen LogP contribution in [0.2, 0.25) is 0 Å². The highest BCUT2D eigenvalue weighted by Gasteiger charge is 2.42. The number of benzene rings is 1. The number of aromatic nitrogens is 3. The van der Waals surface area contributed by atoms with Crippen molar-refractivity contribution in [2.45, 2.75) is 46.1 Å². The molecule has 1 atom stereocenters. The standard InChI is InChI=1S/C26H27N5O2S/c1-16-22(25(33)27-14-17-15-31(30-29-17)18-8-5-4-6-9-18)24(21-10-7-11-34-21)23-19(28-16)12-26(2,3)13-20(23)32/h4-11,15,24,28H,12-14H2,1-3H3,(H,27,33). The number of hydrogen-bond donors (Lipinski definition) is 2. The summed E-state index contributed by atoms with van der Waals surface area (Å²) in [6.45, 7) is 6.38. The number of carbonyl (C=O) groups is 2. The summed E-state index contributed by atoms with van der Waals surface area (Å²) >= 11 is 1.57. The van der Waals surface area contributed by atoms with Gasteiger partial charge in [-0.15, -0.1) is 16.4 Å². The number of ketones is 1. The molecule has 34 heavy (non-hydrogen) atoms.